The summed E-state index contributed by atoms with van der Waals surface area (Å²) in [6.45, 7) is 4.85. The molecule has 2 heterocycles. The van der Waals surface area contributed by atoms with Gasteiger partial charge in [0.05, 0.1) is 46.9 Å². The number of morpholine rings is 1. The first-order valence-electron chi connectivity index (χ1n) is 9.71. The number of quaternary nitrogens is 2. The van der Waals surface area contributed by atoms with Crippen LogP contribution in [0, 0.1) is 0 Å². The van der Waals surface area contributed by atoms with Crippen LogP contribution in [0.4, 0.5) is 0 Å². The van der Waals surface area contributed by atoms with Crippen LogP contribution < -0.4 is 29.9 Å². The van der Waals surface area contributed by atoms with Crippen molar-refractivity contribution in [3.8, 4) is 11.5 Å². The number of hydrogen-bond donors (Lipinski definition) is 4. The van der Waals surface area contributed by atoms with E-state index in [0.29, 0.717) is 32.1 Å². The van der Waals surface area contributed by atoms with Crippen molar-refractivity contribution in [2.45, 2.75) is 6.04 Å². The minimum Gasteiger partial charge on any atom is -0.454 e. The van der Waals surface area contributed by atoms with E-state index in [4.69, 9.17) is 14.2 Å². The molecule has 0 bridgehead atoms. The van der Waals surface area contributed by atoms with E-state index in [2.05, 4.69) is 10.6 Å². The van der Waals surface area contributed by atoms with E-state index in [0.717, 1.165) is 30.9 Å². The Morgan fingerprint density at radius 2 is 1.82 bits per heavy atom. The van der Waals surface area contributed by atoms with Crippen molar-refractivity contribution in [3.63, 3.8) is 0 Å². The van der Waals surface area contributed by atoms with Crippen LogP contribution >= 0.6 is 0 Å². The van der Waals surface area contributed by atoms with Crippen LogP contribution in [0.3, 0.4) is 0 Å². The maximum absolute atomic E-state index is 12.2. The standard InChI is InChI=1S/C19H28N4O5/c1-22(2)6-5-20-18(24)19(25)21-12-15(23-7-9-26-10-8-23)14-3-4-16-17(11-14)28-13-27-16/h3-4,11,15H,5-10,12-13H2,1-2H3,(H,20,24)(H,21,25)/p+2/t15-/m1/s1. The lowest BCUT2D eigenvalue weighted by Gasteiger charge is -2.32. The van der Waals surface area contributed by atoms with E-state index < -0.39 is 11.8 Å². The Morgan fingerprint density at radius 1 is 1.11 bits per heavy atom. The first-order valence-corrected chi connectivity index (χ1v) is 9.71. The Kier molecular flexibility index (Phi) is 7.07. The number of hydrogen-bond acceptors (Lipinski definition) is 5. The van der Waals surface area contributed by atoms with Crippen molar-refractivity contribution in [2.24, 2.45) is 0 Å². The van der Waals surface area contributed by atoms with Gasteiger partial charge in [0.1, 0.15) is 19.1 Å². The Morgan fingerprint density at radius 3 is 2.57 bits per heavy atom. The van der Waals surface area contributed by atoms with Gasteiger partial charge in [-0.1, -0.05) is 0 Å². The van der Waals surface area contributed by atoms with Crippen LogP contribution in [-0.4, -0.2) is 78.6 Å². The molecular weight excluding hydrogens is 364 g/mol. The molecule has 2 aliphatic rings. The molecule has 0 unspecified atom stereocenters. The number of carbonyl (C=O) groups excluding carboxylic acids is 2. The smallest absolute Gasteiger partial charge is 0.309 e. The minimum atomic E-state index is -0.604. The van der Waals surface area contributed by atoms with Crippen molar-refractivity contribution in [1.29, 1.82) is 0 Å². The highest BCUT2D eigenvalue weighted by atomic mass is 16.7. The van der Waals surface area contributed by atoms with Crippen LogP contribution in [0.25, 0.3) is 0 Å². The molecule has 0 aromatic heterocycles. The van der Waals surface area contributed by atoms with Gasteiger partial charge in [0.2, 0.25) is 6.79 Å². The van der Waals surface area contributed by atoms with Crippen molar-refractivity contribution in [3.05, 3.63) is 23.8 Å². The van der Waals surface area contributed by atoms with Crippen LogP contribution in [0.5, 0.6) is 11.5 Å². The summed E-state index contributed by atoms with van der Waals surface area (Å²) in [7, 11) is 3.99. The summed E-state index contributed by atoms with van der Waals surface area (Å²) < 4.78 is 16.4. The second-order valence-corrected chi connectivity index (χ2v) is 7.36. The maximum atomic E-state index is 12.2. The summed E-state index contributed by atoms with van der Waals surface area (Å²) >= 11 is 0. The molecule has 0 radical (unpaired) electrons. The zero-order valence-corrected chi connectivity index (χ0v) is 16.5. The van der Waals surface area contributed by atoms with E-state index >= 15 is 0 Å². The largest absolute Gasteiger partial charge is 0.454 e. The number of fused-ring (bicyclic) bond motifs is 1. The quantitative estimate of drug-likeness (QED) is 0.365. The summed E-state index contributed by atoms with van der Waals surface area (Å²) in [6, 6.07) is 5.85. The van der Waals surface area contributed by atoms with E-state index in [-0.39, 0.29) is 12.8 Å². The molecular formula is C19H30N4O5+2. The Hall–Kier alpha value is -2.36. The lowest BCUT2D eigenvalue weighted by Crippen LogP contribution is -3.15. The predicted octanol–water partition coefficient (Wildman–Crippen LogP) is -3.25. The van der Waals surface area contributed by atoms with Crippen LogP contribution in [0.1, 0.15) is 11.6 Å². The fourth-order valence-corrected chi connectivity index (χ4v) is 3.39. The SMILES string of the molecule is C[NH+](C)CCNC(=O)C(=O)NC[C@H](c1ccc2c(c1)OCO2)[NH+]1CCOCC1. The summed E-state index contributed by atoms with van der Waals surface area (Å²) in [4.78, 5) is 26.7. The first-order chi connectivity index (χ1) is 13.5. The molecule has 2 aliphatic heterocycles. The summed E-state index contributed by atoms with van der Waals surface area (Å²) in [6.07, 6.45) is 0. The molecule has 1 atom stereocenters. The molecule has 1 aromatic carbocycles. The highest BCUT2D eigenvalue weighted by Gasteiger charge is 2.29. The molecule has 1 saturated heterocycles. The number of benzene rings is 1. The lowest BCUT2D eigenvalue weighted by atomic mass is 10.0. The fourth-order valence-electron chi connectivity index (χ4n) is 3.39. The third-order valence-corrected chi connectivity index (χ3v) is 5.01. The fraction of sp³-hybridized carbons (Fsp3) is 0.579. The van der Waals surface area contributed by atoms with Crippen molar-refractivity contribution in [1.82, 2.24) is 10.6 Å². The monoisotopic (exact) mass is 394 g/mol. The zero-order valence-electron chi connectivity index (χ0n) is 16.5. The molecule has 28 heavy (non-hydrogen) atoms. The average molecular weight is 394 g/mol. The molecule has 1 fully saturated rings. The third-order valence-electron chi connectivity index (χ3n) is 5.01. The van der Waals surface area contributed by atoms with E-state index in [1.165, 1.54) is 9.80 Å². The normalized spacial score (nSPS) is 17.4. The molecule has 9 nitrogen and oxygen atoms in total. The Bertz CT molecular complexity index is 691. The number of rotatable bonds is 7. The topological polar surface area (TPSA) is 94.8 Å². The van der Waals surface area contributed by atoms with Gasteiger partial charge in [-0.2, -0.15) is 0 Å². The van der Waals surface area contributed by atoms with Crippen LogP contribution in [0.2, 0.25) is 0 Å². The first kappa shape index (κ1) is 20.4. The molecule has 9 heteroatoms. The van der Waals surface area contributed by atoms with E-state index in [1.54, 1.807) is 0 Å². The molecule has 4 N–H and O–H groups in total. The second kappa shape index (κ2) is 9.72. The van der Waals surface area contributed by atoms with E-state index in [1.807, 2.05) is 32.3 Å². The molecule has 154 valence electrons. The van der Waals surface area contributed by atoms with Crippen molar-refractivity contribution >= 4 is 11.8 Å². The second-order valence-electron chi connectivity index (χ2n) is 7.36. The highest BCUT2D eigenvalue weighted by Crippen LogP contribution is 2.33. The number of ether oxygens (including phenoxy) is 3. The predicted molar refractivity (Wildman–Crippen MR) is 101 cm³/mol. The number of nitrogens with one attached hydrogen (secondary N) is 4. The lowest BCUT2D eigenvalue weighted by molar-refractivity contribution is -0.937. The molecule has 0 aliphatic carbocycles. The van der Waals surface area contributed by atoms with Gasteiger partial charge in [-0.05, 0) is 18.2 Å². The van der Waals surface area contributed by atoms with Crippen LogP contribution in [-0.2, 0) is 14.3 Å². The highest BCUT2D eigenvalue weighted by molar-refractivity contribution is 6.35. The van der Waals surface area contributed by atoms with Gasteiger partial charge in [-0.15, -0.1) is 0 Å². The summed E-state index contributed by atoms with van der Waals surface area (Å²) in [5.74, 6) is 0.242. The minimum absolute atomic E-state index is 0.00127. The molecule has 1 aromatic rings. The summed E-state index contributed by atoms with van der Waals surface area (Å²) in [5, 5.41) is 5.45. The van der Waals surface area contributed by atoms with Gasteiger partial charge in [0, 0.05) is 5.56 Å². The Balaban J connectivity index is 1.63. The zero-order chi connectivity index (χ0) is 19.9. The average Bonchev–Trinajstić information content (AvgIpc) is 3.16. The molecule has 0 saturated carbocycles. The van der Waals surface area contributed by atoms with Gasteiger partial charge < -0.3 is 34.6 Å². The molecule has 0 spiro atoms. The number of carbonyl (C=O) groups is 2. The van der Waals surface area contributed by atoms with Gasteiger partial charge >= 0.3 is 11.8 Å². The van der Waals surface area contributed by atoms with Gasteiger partial charge in [0.15, 0.2) is 11.5 Å². The molecule has 3 rings (SSSR count). The van der Waals surface area contributed by atoms with Crippen LogP contribution in [0.15, 0.2) is 18.2 Å². The molecule has 2 amide bonds. The van der Waals surface area contributed by atoms with Crippen molar-refractivity contribution in [2.75, 3.05) is 66.8 Å². The maximum Gasteiger partial charge on any atom is 0.309 e. The summed E-state index contributed by atoms with van der Waals surface area (Å²) in [5.41, 5.74) is 1.04. The van der Waals surface area contributed by atoms with Gasteiger partial charge in [0.25, 0.3) is 0 Å². The van der Waals surface area contributed by atoms with Crippen molar-refractivity contribution < 1.29 is 33.6 Å². The van der Waals surface area contributed by atoms with Gasteiger partial charge in [-0.3, -0.25) is 9.59 Å². The number of likely N-dealkylation sites (N-methyl/N-ethyl adjacent to an activating group) is 1. The number of amides is 2. The van der Waals surface area contributed by atoms with Gasteiger partial charge in [-0.25, -0.2) is 0 Å². The van der Waals surface area contributed by atoms with E-state index in [9.17, 15) is 9.59 Å². The third kappa shape index (κ3) is 5.34. The Labute approximate surface area is 164 Å².